The van der Waals surface area contributed by atoms with Crippen molar-refractivity contribution in [2.45, 2.75) is 19.3 Å². The molecule has 1 N–H and O–H groups in total. The van der Waals surface area contributed by atoms with E-state index in [0.29, 0.717) is 17.6 Å². The SMILES string of the molecule is CN(Cc1ccccc1)c1nc(NCc2ccccc2C(F)(F)F)ns1. The normalized spacial score (nSPS) is 11.4. The lowest BCUT2D eigenvalue weighted by Gasteiger charge is -2.15. The number of nitrogens with one attached hydrogen (secondary N) is 1. The molecule has 26 heavy (non-hydrogen) atoms. The highest BCUT2D eigenvalue weighted by molar-refractivity contribution is 7.09. The molecule has 4 nitrogen and oxygen atoms in total. The second kappa shape index (κ2) is 7.74. The number of aromatic nitrogens is 2. The molecule has 1 aromatic heterocycles. The van der Waals surface area contributed by atoms with E-state index in [9.17, 15) is 13.2 Å². The van der Waals surface area contributed by atoms with Gasteiger partial charge in [0, 0.05) is 31.7 Å². The molecule has 0 aliphatic rings. The molecule has 0 aliphatic carbocycles. The molecule has 3 aromatic rings. The van der Waals surface area contributed by atoms with Gasteiger partial charge in [0.25, 0.3) is 0 Å². The highest BCUT2D eigenvalue weighted by Gasteiger charge is 2.32. The van der Waals surface area contributed by atoms with Crippen molar-refractivity contribution in [3.63, 3.8) is 0 Å². The maximum atomic E-state index is 13.0. The number of anilines is 2. The summed E-state index contributed by atoms with van der Waals surface area (Å²) in [7, 11) is 1.90. The van der Waals surface area contributed by atoms with Gasteiger partial charge in [0.2, 0.25) is 11.1 Å². The maximum absolute atomic E-state index is 13.0. The van der Waals surface area contributed by atoms with Crippen LogP contribution in [0.4, 0.5) is 24.3 Å². The van der Waals surface area contributed by atoms with Gasteiger partial charge in [0.1, 0.15) is 0 Å². The average molecular weight is 378 g/mol. The smallest absolute Gasteiger partial charge is 0.349 e. The summed E-state index contributed by atoms with van der Waals surface area (Å²) in [5, 5.41) is 3.57. The van der Waals surface area contributed by atoms with Gasteiger partial charge >= 0.3 is 6.18 Å². The van der Waals surface area contributed by atoms with Gasteiger partial charge in [-0.1, -0.05) is 48.5 Å². The molecule has 0 bridgehead atoms. The summed E-state index contributed by atoms with van der Waals surface area (Å²) < 4.78 is 43.3. The van der Waals surface area contributed by atoms with Gasteiger partial charge in [-0.2, -0.15) is 22.5 Å². The molecular weight excluding hydrogens is 361 g/mol. The van der Waals surface area contributed by atoms with Crippen LogP contribution in [-0.4, -0.2) is 16.4 Å². The molecule has 0 atom stereocenters. The standard InChI is InChI=1S/C18H17F3N4S/c1-25(12-13-7-3-2-4-8-13)17-23-16(24-26-17)22-11-14-9-5-6-10-15(14)18(19,20)21/h2-10H,11-12H2,1H3,(H,22,24). The minimum atomic E-state index is -4.38. The van der Waals surface area contributed by atoms with Crippen LogP contribution in [0, 0.1) is 0 Å². The van der Waals surface area contributed by atoms with E-state index >= 15 is 0 Å². The monoisotopic (exact) mass is 378 g/mol. The van der Waals surface area contributed by atoms with E-state index in [4.69, 9.17) is 0 Å². The van der Waals surface area contributed by atoms with Crippen molar-refractivity contribution >= 4 is 22.6 Å². The van der Waals surface area contributed by atoms with Crippen LogP contribution in [0.2, 0.25) is 0 Å². The summed E-state index contributed by atoms with van der Waals surface area (Å²) in [5.41, 5.74) is 0.650. The molecule has 0 amide bonds. The lowest BCUT2D eigenvalue weighted by molar-refractivity contribution is -0.138. The van der Waals surface area contributed by atoms with Gasteiger partial charge in [0.15, 0.2) is 0 Å². The van der Waals surface area contributed by atoms with E-state index in [1.807, 2.05) is 42.3 Å². The maximum Gasteiger partial charge on any atom is 0.416 e. The first-order chi connectivity index (χ1) is 12.4. The Kier molecular flexibility index (Phi) is 5.41. The highest BCUT2D eigenvalue weighted by Crippen LogP contribution is 2.32. The van der Waals surface area contributed by atoms with E-state index in [0.717, 1.165) is 11.6 Å². The molecule has 3 rings (SSSR count). The summed E-state index contributed by atoms with van der Waals surface area (Å²) in [6.45, 7) is 0.681. The number of nitrogens with zero attached hydrogens (tertiary/aromatic N) is 3. The minimum absolute atomic E-state index is 0.00819. The molecule has 1 heterocycles. The van der Waals surface area contributed by atoms with Gasteiger partial charge in [-0.3, -0.25) is 0 Å². The van der Waals surface area contributed by atoms with Crippen LogP contribution in [0.25, 0.3) is 0 Å². The topological polar surface area (TPSA) is 41.1 Å². The summed E-state index contributed by atoms with van der Waals surface area (Å²) in [6.07, 6.45) is -4.38. The zero-order valence-corrected chi connectivity index (χ0v) is 14.8. The Balaban J connectivity index is 1.64. The van der Waals surface area contributed by atoms with Crippen LogP contribution in [0.3, 0.4) is 0 Å². The second-order valence-electron chi connectivity index (χ2n) is 5.75. The Labute approximate surface area is 153 Å². The van der Waals surface area contributed by atoms with Gasteiger partial charge in [-0.15, -0.1) is 0 Å². The van der Waals surface area contributed by atoms with Crippen molar-refractivity contribution in [1.82, 2.24) is 9.36 Å². The zero-order valence-electron chi connectivity index (χ0n) is 14.0. The van der Waals surface area contributed by atoms with Crippen molar-refractivity contribution in [2.75, 3.05) is 17.3 Å². The van der Waals surface area contributed by atoms with E-state index < -0.39 is 11.7 Å². The summed E-state index contributed by atoms with van der Waals surface area (Å²) in [5.74, 6) is 0.321. The van der Waals surface area contributed by atoms with Crippen molar-refractivity contribution in [3.05, 3.63) is 71.3 Å². The second-order valence-corrected chi connectivity index (χ2v) is 6.48. The summed E-state index contributed by atoms with van der Waals surface area (Å²) in [6, 6.07) is 15.4. The number of hydrogen-bond donors (Lipinski definition) is 1. The van der Waals surface area contributed by atoms with Crippen molar-refractivity contribution in [3.8, 4) is 0 Å². The third kappa shape index (κ3) is 4.51. The number of alkyl halides is 3. The molecule has 0 radical (unpaired) electrons. The Morgan fingerprint density at radius 1 is 1.04 bits per heavy atom. The number of halogens is 3. The Morgan fingerprint density at radius 2 is 1.73 bits per heavy atom. The fraction of sp³-hybridized carbons (Fsp3) is 0.222. The number of rotatable bonds is 6. The number of hydrogen-bond acceptors (Lipinski definition) is 5. The van der Waals surface area contributed by atoms with Crippen LogP contribution < -0.4 is 10.2 Å². The van der Waals surface area contributed by atoms with E-state index in [1.54, 1.807) is 6.07 Å². The quantitative estimate of drug-likeness (QED) is 0.669. The molecule has 0 saturated heterocycles. The predicted octanol–water partition coefficient (Wildman–Crippen LogP) is 4.81. The average Bonchev–Trinajstić information content (AvgIpc) is 3.09. The van der Waals surface area contributed by atoms with Gasteiger partial charge < -0.3 is 10.2 Å². The largest absolute Gasteiger partial charge is 0.416 e. The van der Waals surface area contributed by atoms with Crippen LogP contribution in [-0.2, 0) is 19.3 Å². The van der Waals surface area contributed by atoms with Gasteiger partial charge in [0.05, 0.1) is 5.56 Å². The van der Waals surface area contributed by atoms with Crippen LogP contribution >= 0.6 is 11.5 Å². The first-order valence-electron chi connectivity index (χ1n) is 7.91. The molecule has 0 fully saturated rings. The van der Waals surface area contributed by atoms with E-state index in [2.05, 4.69) is 14.7 Å². The predicted molar refractivity (Wildman–Crippen MR) is 97.2 cm³/mol. The fourth-order valence-electron chi connectivity index (χ4n) is 2.49. The van der Waals surface area contributed by atoms with Crippen LogP contribution in [0.5, 0.6) is 0 Å². The molecule has 0 unspecified atom stereocenters. The number of benzene rings is 2. The third-order valence-corrected chi connectivity index (χ3v) is 4.59. The lowest BCUT2D eigenvalue weighted by atomic mass is 10.1. The highest BCUT2D eigenvalue weighted by atomic mass is 32.1. The summed E-state index contributed by atoms with van der Waals surface area (Å²) in [4.78, 5) is 6.30. The molecule has 0 spiro atoms. The fourth-order valence-corrected chi connectivity index (χ4v) is 3.10. The molecule has 8 heteroatoms. The molecule has 136 valence electrons. The zero-order chi connectivity index (χ0) is 18.6. The first kappa shape index (κ1) is 18.2. The molecule has 0 saturated carbocycles. The van der Waals surface area contributed by atoms with E-state index in [1.165, 1.54) is 23.7 Å². The third-order valence-electron chi connectivity index (χ3n) is 3.76. The Bertz CT molecular complexity index is 849. The molecular formula is C18H17F3N4S. The minimum Gasteiger partial charge on any atom is -0.349 e. The van der Waals surface area contributed by atoms with Gasteiger partial charge in [-0.05, 0) is 17.2 Å². The van der Waals surface area contributed by atoms with Crippen LogP contribution in [0.1, 0.15) is 16.7 Å². The Morgan fingerprint density at radius 3 is 2.46 bits per heavy atom. The van der Waals surface area contributed by atoms with Crippen molar-refractivity contribution in [1.29, 1.82) is 0 Å². The summed E-state index contributed by atoms with van der Waals surface area (Å²) >= 11 is 1.20. The molecule has 2 aromatic carbocycles. The van der Waals surface area contributed by atoms with Crippen molar-refractivity contribution < 1.29 is 13.2 Å². The van der Waals surface area contributed by atoms with Crippen molar-refractivity contribution in [2.24, 2.45) is 0 Å². The van der Waals surface area contributed by atoms with E-state index in [-0.39, 0.29) is 12.1 Å². The van der Waals surface area contributed by atoms with Crippen LogP contribution in [0.15, 0.2) is 54.6 Å². The van der Waals surface area contributed by atoms with Gasteiger partial charge in [-0.25, -0.2) is 0 Å². The first-order valence-corrected chi connectivity index (χ1v) is 8.68. The lowest BCUT2D eigenvalue weighted by Crippen LogP contribution is -2.16. The Hall–Kier alpha value is -2.61. The molecule has 0 aliphatic heterocycles.